The van der Waals surface area contributed by atoms with E-state index in [0.717, 1.165) is 16.1 Å². The van der Waals surface area contributed by atoms with E-state index >= 15 is 0 Å². The molecule has 7 heteroatoms. The molecule has 2 rings (SSSR count). The van der Waals surface area contributed by atoms with Gasteiger partial charge in [0.25, 0.3) is 0 Å². The van der Waals surface area contributed by atoms with Crippen molar-refractivity contribution in [3.05, 3.63) is 24.5 Å². The maximum atomic E-state index is 9.11. The zero-order valence-electron chi connectivity index (χ0n) is 10.4. The number of hydrogen-bond donors (Lipinski definition) is 3. The lowest BCUT2D eigenvalue weighted by Crippen LogP contribution is -2.29. The number of aliphatic hydroxyl groups excluding tert-OH is 2. The predicted octanol–water partition coefficient (Wildman–Crippen LogP) is 0.578. The summed E-state index contributed by atoms with van der Waals surface area (Å²) in [6.45, 7) is 0.861. The van der Waals surface area contributed by atoms with Crippen molar-refractivity contribution in [2.45, 2.75) is 0 Å². The van der Waals surface area contributed by atoms with Crippen LogP contribution in [0, 0.1) is 0 Å². The van der Waals surface area contributed by atoms with E-state index < -0.39 is 0 Å². The summed E-state index contributed by atoms with van der Waals surface area (Å²) in [7, 11) is 0. The Morgan fingerprint density at radius 1 is 1.26 bits per heavy atom. The highest BCUT2D eigenvalue weighted by molar-refractivity contribution is 7.11. The molecule has 0 aromatic carbocycles. The third kappa shape index (κ3) is 3.01. The Bertz CT molecular complexity index is 512. The lowest BCUT2D eigenvalue weighted by molar-refractivity contribution is 0.281. The van der Waals surface area contributed by atoms with E-state index in [1.807, 2.05) is 17.0 Å². The molecule has 0 fully saturated rings. The van der Waals surface area contributed by atoms with Gasteiger partial charge >= 0.3 is 0 Å². The highest BCUT2D eigenvalue weighted by Crippen LogP contribution is 2.38. The highest BCUT2D eigenvalue weighted by atomic mass is 32.1. The second-order valence-corrected chi connectivity index (χ2v) is 4.68. The number of rotatable bonds is 6. The second-order valence-electron chi connectivity index (χ2n) is 3.92. The van der Waals surface area contributed by atoms with E-state index in [2.05, 4.69) is 9.36 Å². The van der Waals surface area contributed by atoms with Gasteiger partial charge in [-0.2, -0.15) is 4.37 Å². The molecule has 102 valence electrons. The summed E-state index contributed by atoms with van der Waals surface area (Å²) < 4.78 is 4.17. The topological polar surface area (TPSA) is 95.5 Å². The van der Waals surface area contributed by atoms with E-state index in [1.54, 1.807) is 12.4 Å². The van der Waals surface area contributed by atoms with E-state index in [1.165, 1.54) is 11.5 Å². The first kappa shape index (κ1) is 13.7. The summed E-state index contributed by atoms with van der Waals surface area (Å²) >= 11 is 1.26. The van der Waals surface area contributed by atoms with Crippen LogP contribution in [0.1, 0.15) is 0 Å². The Morgan fingerprint density at radius 2 is 2.00 bits per heavy atom. The number of pyridine rings is 1. The minimum atomic E-state index is 0.00425. The third-order valence-corrected chi connectivity index (χ3v) is 3.60. The lowest BCUT2D eigenvalue weighted by atomic mass is 10.1. The minimum Gasteiger partial charge on any atom is -0.395 e. The summed E-state index contributed by atoms with van der Waals surface area (Å²) in [5.74, 6) is 0.439. The maximum Gasteiger partial charge on any atom is 0.147 e. The van der Waals surface area contributed by atoms with Gasteiger partial charge in [-0.15, -0.1) is 0 Å². The molecule has 0 radical (unpaired) electrons. The van der Waals surface area contributed by atoms with Crippen LogP contribution in [-0.2, 0) is 0 Å². The molecule has 4 N–H and O–H groups in total. The molecule has 0 aliphatic carbocycles. The van der Waals surface area contributed by atoms with E-state index in [9.17, 15) is 0 Å². The first-order valence-electron chi connectivity index (χ1n) is 5.90. The molecule has 0 aliphatic rings. The molecule has 0 atom stereocenters. The van der Waals surface area contributed by atoms with Crippen molar-refractivity contribution in [3.8, 4) is 11.1 Å². The van der Waals surface area contributed by atoms with Crippen molar-refractivity contribution in [2.75, 3.05) is 36.9 Å². The first-order chi connectivity index (χ1) is 9.27. The van der Waals surface area contributed by atoms with Gasteiger partial charge < -0.3 is 20.8 Å². The Hall–Kier alpha value is -1.70. The summed E-state index contributed by atoms with van der Waals surface area (Å²) in [4.78, 5) is 5.95. The molecule has 0 saturated heterocycles. The third-order valence-electron chi connectivity index (χ3n) is 2.68. The monoisotopic (exact) mass is 280 g/mol. The van der Waals surface area contributed by atoms with E-state index in [0.29, 0.717) is 18.9 Å². The molecule has 19 heavy (non-hydrogen) atoms. The van der Waals surface area contributed by atoms with Crippen molar-refractivity contribution in [3.63, 3.8) is 0 Å². The fourth-order valence-electron chi connectivity index (χ4n) is 1.85. The van der Waals surface area contributed by atoms with Gasteiger partial charge in [0.05, 0.1) is 18.8 Å². The van der Waals surface area contributed by atoms with Crippen LogP contribution < -0.4 is 10.6 Å². The van der Waals surface area contributed by atoms with Crippen molar-refractivity contribution in [1.29, 1.82) is 0 Å². The average Bonchev–Trinajstić information content (AvgIpc) is 2.81. The number of hydrogen-bond acceptors (Lipinski definition) is 7. The van der Waals surface area contributed by atoms with Crippen LogP contribution in [0.4, 0.5) is 10.8 Å². The van der Waals surface area contributed by atoms with E-state index in [4.69, 9.17) is 15.9 Å². The number of nitrogens with zero attached hydrogens (tertiary/aromatic N) is 3. The summed E-state index contributed by atoms with van der Waals surface area (Å²) in [6.07, 6.45) is 3.41. The molecular formula is C12H16N4O2S. The number of aromatic nitrogens is 2. The van der Waals surface area contributed by atoms with Crippen molar-refractivity contribution in [1.82, 2.24) is 9.36 Å². The van der Waals surface area contributed by atoms with Crippen LogP contribution in [0.25, 0.3) is 11.1 Å². The van der Waals surface area contributed by atoms with Crippen LogP contribution in [0.5, 0.6) is 0 Å². The molecule has 0 amide bonds. The van der Waals surface area contributed by atoms with Gasteiger partial charge in [0, 0.05) is 31.0 Å². The van der Waals surface area contributed by atoms with Gasteiger partial charge in [0.2, 0.25) is 0 Å². The molecular weight excluding hydrogens is 264 g/mol. The van der Waals surface area contributed by atoms with Crippen LogP contribution in [0.3, 0.4) is 0 Å². The second kappa shape index (κ2) is 6.46. The van der Waals surface area contributed by atoms with Crippen LogP contribution >= 0.6 is 11.5 Å². The first-order valence-corrected chi connectivity index (χ1v) is 6.67. The SMILES string of the molecule is Nc1nsc(N(CCO)CCO)c1-c1cccnc1. The van der Waals surface area contributed by atoms with Crippen LogP contribution in [0.15, 0.2) is 24.5 Å². The molecule has 6 nitrogen and oxygen atoms in total. The largest absolute Gasteiger partial charge is 0.395 e. The molecule has 0 saturated carbocycles. The number of nitrogen functional groups attached to an aromatic ring is 1. The molecule has 0 bridgehead atoms. The zero-order chi connectivity index (χ0) is 13.7. The lowest BCUT2D eigenvalue weighted by Gasteiger charge is -2.22. The normalized spacial score (nSPS) is 10.6. The number of aliphatic hydroxyl groups is 2. The van der Waals surface area contributed by atoms with Crippen LogP contribution in [0.2, 0.25) is 0 Å². The Balaban J connectivity index is 2.41. The minimum absolute atomic E-state index is 0.00425. The van der Waals surface area contributed by atoms with Crippen molar-refractivity contribution >= 4 is 22.4 Å². The summed E-state index contributed by atoms with van der Waals surface area (Å²) in [6, 6.07) is 3.74. The van der Waals surface area contributed by atoms with Gasteiger partial charge in [-0.3, -0.25) is 4.98 Å². The smallest absolute Gasteiger partial charge is 0.147 e. The number of nitrogens with two attached hydrogens (primary N) is 1. The molecule has 2 aromatic heterocycles. The molecule has 0 unspecified atom stereocenters. The summed E-state index contributed by atoms with van der Waals surface area (Å²) in [5.41, 5.74) is 7.61. The fourth-order valence-corrected chi connectivity index (χ4v) is 2.74. The molecule has 2 aromatic rings. The van der Waals surface area contributed by atoms with Gasteiger partial charge in [-0.25, -0.2) is 0 Å². The quantitative estimate of drug-likeness (QED) is 0.716. The summed E-state index contributed by atoms with van der Waals surface area (Å²) in [5, 5.41) is 19.1. The Kier molecular flexibility index (Phi) is 4.67. The fraction of sp³-hybridized carbons (Fsp3) is 0.333. The average molecular weight is 280 g/mol. The standard InChI is InChI=1S/C12H16N4O2S/c13-11-10(9-2-1-3-14-8-9)12(19-15-11)16(4-6-17)5-7-18/h1-3,8,17-18H,4-7H2,(H2,13,15). The van der Waals surface area contributed by atoms with E-state index in [-0.39, 0.29) is 13.2 Å². The van der Waals surface area contributed by atoms with Gasteiger partial charge in [-0.05, 0) is 17.6 Å². The zero-order valence-corrected chi connectivity index (χ0v) is 11.2. The van der Waals surface area contributed by atoms with Gasteiger partial charge in [0.1, 0.15) is 10.8 Å². The Labute approximate surface area is 115 Å². The van der Waals surface area contributed by atoms with Gasteiger partial charge in [-0.1, -0.05) is 6.07 Å². The predicted molar refractivity (Wildman–Crippen MR) is 76.1 cm³/mol. The van der Waals surface area contributed by atoms with Crippen molar-refractivity contribution in [2.24, 2.45) is 0 Å². The molecule has 0 spiro atoms. The van der Waals surface area contributed by atoms with Gasteiger partial charge in [0.15, 0.2) is 0 Å². The Morgan fingerprint density at radius 3 is 2.58 bits per heavy atom. The number of anilines is 2. The molecule has 0 aliphatic heterocycles. The molecule has 2 heterocycles. The maximum absolute atomic E-state index is 9.11. The highest BCUT2D eigenvalue weighted by Gasteiger charge is 2.18. The van der Waals surface area contributed by atoms with Crippen molar-refractivity contribution < 1.29 is 10.2 Å². The van der Waals surface area contributed by atoms with Crippen LogP contribution in [-0.4, -0.2) is 45.9 Å².